The van der Waals surface area contributed by atoms with E-state index in [-0.39, 0.29) is 5.97 Å². The SMILES string of the molecule is CCONC=CC(=O)OCC. The Balaban J connectivity index is 3.32. The zero-order valence-electron chi connectivity index (χ0n) is 6.79. The zero-order chi connectivity index (χ0) is 8.53. The number of carbonyl (C=O) groups excluding carboxylic acids is 1. The van der Waals surface area contributed by atoms with Gasteiger partial charge < -0.3 is 4.74 Å². The lowest BCUT2D eigenvalue weighted by Crippen LogP contribution is -2.07. The third-order valence-electron chi connectivity index (χ3n) is 0.802. The van der Waals surface area contributed by atoms with E-state index in [1.54, 1.807) is 6.92 Å². The van der Waals surface area contributed by atoms with Crippen LogP contribution in [0.25, 0.3) is 0 Å². The highest BCUT2D eigenvalue weighted by atomic mass is 16.6. The van der Waals surface area contributed by atoms with Crippen molar-refractivity contribution in [2.24, 2.45) is 0 Å². The van der Waals surface area contributed by atoms with Crippen LogP contribution in [0.1, 0.15) is 13.8 Å². The van der Waals surface area contributed by atoms with Crippen molar-refractivity contribution in [2.75, 3.05) is 13.2 Å². The molecule has 0 unspecified atom stereocenters. The lowest BCUT2D eigenvalue weighted by Gasteiger charge is -1.97. The van der Waals surface area contributed by atoms with Gasteiger partial charge in [-0.15, -0.1) is 0 Å². The second-order valence-corrected chi connectivity index (χ2v) is 1.64. The summed E-state index contributed by atoms with van der Waals surface area (Å²) in [6.45, 7) is 4.53. The van der Waals surface area contributed by atoms with E-state index in [1.165, 1.54) is 12.3 Å². The van der Waals surface area contributed by atoms with Crippen molar-refractivity contribution < 1.29 is 14.4 Å². The van der Waals surface area contributed by atoms with Crippen molar-refractivity contribution in [3.05, 3.63) is 12.3 Å². The van der Waals surface area contributed by atoms with Gasteiger partial charge in [-0.1, -0.05) is 0 Å². The van der Waals surface area contributed by atoms with E-state index in [0.29, 0.717) is 13.2 Å². The predicted octanol–water partition coefficient (Wildman–Crippen LogP) is 0.604. The molecule has 0 fully saturated rings. The summed E-state index contributed by atoms with van der Waals surface area (Å²) in [7, 11) is 0. The molecule has 64 valence electrons. The average molecular weight is 159 g/mol. The summed E-state index contributed by atoms with van der Waals surface area (Å²) in [6.07, 6.45) is 2.65. The number of ether oxygens (including phenoxy) is 1. The largest absolute Gasteiger partial charge is 0.463 e. The lowest BCUT2D eigenvalue weighted by atomic mass is 10.6. The molecule has 0 aromatic heterocycles. The number of hydrogen-bond acceptors (Lipinski definition) is 4. The second kappa shape index (κ2) is 7.08. The van der Waals surface area contributed by atoms with Crippen LogP contribution in [-0.2, 0) is 14.4 Å². The highest BCUT2D eigenvalue weighted by molar-refractivity contribution is 5.81. The summed E-state index contributed by atoms with van der Waals surface area (Å²) < 4.78 is 4.60. The van der Waals surface area contributed by atoms with E-state index in [4.69, 9.17) is 4.84 Å². The number of hydrogen-bond donors (Lipinski definition) is 1. The molecule has 0 aliphatic rings. The molecule has 0 saturated carbocycles. The summed E-state index contributed by atoms with van der Waals surface area (Å²) >= 11 is 0. The van der Waals surface area contributed by atoms with Crippen molar-refractivity contribution >= 4 is 5.97 Å². The van der Waals surface area contributed by atoms with Crippen LogP contribution in [0.3, 0.4) is 0 Å². The first-order valence-electron chi connectivity index (χ1n) is 3.51. The Morgan fingerprint density at radius 1 is 1.45 bits per heavy atom. The summed E-state index contributed by atoms with van der Waals surface area (Å²) in [5, 5.41) is 0. The van der Waals surface area contributed by atoms with Crippen LogP contribution >= 0.6 is 0 Å². The molecule has 0 radical (unpaired) electrons. The van der Waals surface area contributed by atoms with Crippen LogP contribution < -0.4 is 5.48 Å². The van der Waals surface area contributed by atoms with E-state index >= 15 is 0 Å². The zero-order valence-corrected chi connectivity index (χ0v) is 6.79. The highest BCUT2D eigenvalue weighted by Crippen LogP contribution is 1.78. The van der Waals surface area contributed by atoms with Gasteiger partial charge in [-0.25, -0.2) is 4.79 Å². The highest BCUT2D eigenvalue weighted by Gasteiger charge is 1.90. The molecule has 1 N–H and O–H groups in total. The number of nitrogens with one attached hydrogen (secondary N) is 1. The monoisotopic (exact) mass is 159 g/mol. The first-order chi connectivity index (χ1) is 5.31. The predicted molar refractivity (Wildman–Crippen MR) is 40.5 cm³/mol. The van der Waals surface area contributed by atoms with Crippen LogP contribution in [0.2, 0.25) is 0 Å². The maximum Gasteiger partial charge on any atom is 0.332 e. The van der Waals surface area contributed by atoms with Gasteiger partial charge >= 0.3 is 5.97 Å². The van der Waals surface area contributed by atoms with E-state index in [0.717, 1.165) is 0 Å². The number of esters is 1. The summed E-state index contributed by atoms with van der Waals surface area (Å²) in [5.74, 6) is -0.375. The smallest absolute Gasteiger partial charge is 0.332 e. The molecule has 0 spiro atoms. The fourth-order valence-electron chi connectivity index (χ4n) is 0.424. The minimum atomic E-state index is -0.375. The molecule has 0 bridgehead atoms. The Hall–Kier alpha value is -1.03. The van der Waals surface area contributed by atoms with Crippen LogP contribution in [0.15, 0.2) is 12.3 Å². The maximum atomic E-state index is 10.6. The Labute approximate surface area is 66.1 Å². The Morgan fingerprint density at radius 2 is 2.18 bits per heavy atom. The quantitative estimate of drug-likeness (QED) is 0.276. The molecular weight excluding hydrogens is 146 g/mol. The molecule has 0 amide bonds. The standard InChI is InChI=1S/C7H13NO3/c1-3-10-7(9)5-6-8-11-4-2/h5-6,8H,3-4H2,1-2H3. The van der Waals surface area contributed by atoms with Crippen molar-refractivity contribution in [2.45, 2.75) is 13.8 Å². The van der Waals surface area contributed by atoms with Crippen molar-refractivity contribution in [1.82, 2.24) is 5.48 Å². The van der Waals surface area contributed by atoms with Crippen LogP contribution in [0, 0.1) is 0 Å². The van der Waals surface area contributed by atoms with Gasteiger partial charge in [0.2, 0.25) is 0 Å². The minimum absolute atomic E-state index is 0.375. The molecular formula is C7H13NO3. The number of rotatable bonds is 5. The van der Waals surface area contributed by atoms with Crippen molar-refractivity contribution in [3.8, 4) is 0 Å². The van der Waals surface area contributed by atoms with E-state index in [2.05, 4.69) is 10.2 Å². The van der Waals surface area contributed by atoms with Crippen molar-refractivity contribution in [3.63, 3.8) is 0 Å². The first kappa shape index (κ1) is 9.97. The number of carbonyl (C=O) groups is 1. The lowest BCUT2D eigenvalue weighted by molar-refractivity contribution is -0.137. The van der Waals surface area contributed by atoms with Gasteiger partial charge in [0.15, 0.2) is 0 Å². The van der Waals surface area contributed by atoms with E-state index in [1.807, 2.05) is 6.92 Å². The van der Waals surface area contributed by atoms with Gasteiger partial charge in [-0.05, 0) is 13.8 Å². The van der Waals surface area contributed by atoms with Crippen LogP contribution in [0.5, 0.6) is 0 Å². The van der Waals surface area contributed by atoms with Gasteiger partial charge in [0, 0.05) is 12.3 Å². The topological polar surface area (TPSA) is 47.6 Å². The molecule has 0 aliphatic carbocycles. The van der Waals surface area contributed by atoms with Gasteiger partial charge in [0.25, 0.3) is 0 Å². The molecule has 0 saturated heterocycles. The molecule has 0 aromatic rings. The minimum Gasteiger partial charge on any atom is -0.463 e. The molecule has 0 heterocycles. The Kier molecular flexibility index (Phi) is 6.42. The fraction of sp³-hybridized carbons (Fsp3) is 0.571. The normalized spacial score (nSPS) is 10.0. The number of hydroxylamine groups is 1. The summed E-state index contributed by atoms with van der Waals surface area (Å²) in [4.78, 5) is 15.3. The second-order valence-electron chi connectivity index (χ2n) is 1.64. The molecule has 0 rings (SSSR count). The third kappa shape index (κ3) is 6.86. The van der Waals surface area contributed by atoms with E-state index in [9.17, 15) is 4.79 Å². The van der Waals surface area contributed by atoms with Gasteiger partial charge in [-0.2, -0.15) is 0 Å². The van der Waals surface area contributed by atoms with Crippen LogP contribution in [0.4, 0.5) is 0 Å². The molecule has 11 heavy (non-hydrogen) atoms. The van der Waals surface area contributed by atoms with E-state index < -0.39 is 0 Å². The summed E-state index contributed by atoms with van der Waals surface area (Å²) in [6, 6.07) is 0. The third-order valence-corrected chi connectivity index (χ3v) is 0.802. The average Bonchev–Trinajstić information content (AvgIpc) is 1.99. The Morgan fingerprint density at radius 3 is 2.73 bits per heavy atom. The van der Waals surface area contributed by atoms with Gasteiger partial charge in [0.05, 0.1) is 13.2 Å². The molecule has 4 heteroatoms. The molecule has 4 nitrogen and oxygen atoms in total. The summed E-state index contributed by atoms with van der Waals surface area (Å²) in [5.41, 5.74) is 2.44. The maximum absolute atomic E-state index is 10.6. The van der Waals surface area contributed by atoms with Crippen molar-refractivity contribution in [1.29, 1.82) is 0 Å². The molecule has 0 aliphatic heterocycles. The first-order valence-corrected chi connectivity index (χ1v) is 3.51. The van der Waals surface area contributed by atoms with Crippen LogP contribution in [-0.4, -0.2) is 19.2 Å². The Bertz CT molecular complexity index is 134. The molecule has 0 atom stereocenters. The molecule has 0 aromatic carbocycles. The van der Waals surface area contributed by atoms with Gasteiger partial charge in [0.1, 0.15) is 0 Å². The van der Waals surface area contributed by atoms with Gasteiger partial charge in [-0.3, -0.25) is 10.3 Å². The fourth-order valence-corrected chi connectivity index (χ4v) is 0.424.